The molecule has 1 aliphatic carbocycles. The van der Waals surface area contributed by atoms with Gasteiger partial charge in [0.15, 0.2) is 0 Å². The number of carbonyl (C=O) groups is 1. The van der Waals surface area contributed by atoms with E-state index in [0.29, 0.717) is 17.2 Å². The summed E-state index contributed by atoms with van der Waals surface area (Å²) in [7, 11) is 2.10. The van der Waals surface area contributed by atoms with Crippen molar-refractivity contribution in [3.63, 3.8) is 0 Å². The smallest absolute Gasteiger partial charge is 0.350 e. The molecule has 0 atom stereocenters. The van der Waals surface area contributed by atoms with Crippen LogP contribution in [0.2, 0.25) is 5.02 Å². The van der Waals surface area contributed by atoms with Gasteiger partial charge >= 0.3 is 5.97 Å². The molecule has 1 aliphatic rings. The first-order valence-corrected chi connectivity index (χ1v) is 11.1. The Morgan fingerprint density at radius 1 is 1.32 bits per heavy atom. The molecule has 0 aliphatic heterocycles. The summed E-state index contributed by atoms with van der Waals surface area (Å²) in [5, 5.41) is 2.65. The Hall–Kier alpha value is -1.85. The van der Waals surface area contributed by atoms with E-state index in [9.17, 15) is 4.79 Å². The minimum absolute atomic E-state index is 0.311. The van der Waals surface area contributed by atoms with Gasteiger partial charge in [-0.2, -0.15) is 0 Å². The lowest BCUT2D eigenvalue weighted by molar-refractivity contribution is 0.0531. The van der Waals surface area contributed by atoms with Crippen molar-refractivity contribution in [2.24, 2.45) is 13.0 Å². The Kier molecular flexibility index (Phi) is 5.48. The SMILES string of the molecule is CCOC(=O)c1sc(-c2cc(Cl)c3c(c2)cc(CC2CCCC2)n3C)nc1C. The summed E-state index contributed by atoms with van der Waals surface area (Å²) in [5.74, 6) is 0.476. The number of hydrogen-bond acceptors (Lipinski definition) is 4. The van der Waals surface area contributed by atoms with Crippen molar-refractivity contribution >= 4 is 39.8 Å². The standard InChI is InChI=1S/C22H25ClN2O2S/c1-4-27-22(26)20-13(2)24-21(28-20)16-10-15-11-17(9-14-7-5-6-8-14)25(3)19(15)18(23)12-16/h10-12,14H,4-9H2,1-3H3. The summed E-state index contributed by atoms with van der Waals surface area (Å²) in [4.78, 5) is 17.3. The van der Waals surface area contributed by atoms with Crippen molar-refractivity contribution in [3.05, 3.63) is 39.5 Å². The molecule has 0 unspecified atom stereocenters. The monoisotopic (exact) mass is 416 g/mol. The van der Waals surface area contributed by atoms with Gasteiger partial charge in [0.25, 0.3) is 0 Å². The number of hydrogen-bond donors (Lipinski definition) is 0. The quantitative estimate of drug-likeness (QED) is 0.467. The summed E-state index contributed by atoms with van der Waals surface area (Å²) in [6.07, 6.45) is 6.47. The van der Waals surface area contributed by atoms with E-state index in [0.717, 1.165) is 38.8 Å². The van der Waals surface area contributed by atoms with Gasteiger partial charge < -0.3 is 9.30 Å². The second-order valence-electron chi connectivity index (χ2n) is 7.60. The van der Waals surface area contributed by atoms with Crippen molar-refractivity contribution in [3.8, 4) is 10.6 Å². The largest absolute Gasteiger partial charge is 0.462 e. The van der Waals surface area contributed by atoms with Crippen LogP contribution in [0, 0.1) is 12.8 Å². The number of rotatable bonds is 5. The van der Waals surface area contributed by atoms with Crippen molar-refractivity contribution in [1.29, 1.82) is 0 Å². The van der Waals surface area contributed by atoms with Gasteiger partial charge in [-0.25, -0.2) is 9.78 Å². The molecule has 2 aromatic heterocycles. The minimum Gasteiger partial charge on any atom is -0.462 e. The van der Waals surface area contributed by atoms with E-state index in [1.54, 1.807) is 6.92 Å². The molecule has 0 N–H and O–H groups in total. The fraction of sp³-hybridized carbons (Fsp3) is 0.455. The highest BCUT2D eigenvalue weighted by molar-refractivity contribution is 7.17. The van der Waals surface area contributed by atoms with Crippen LogP contribution in [0.25, 0.3) is 21.5 Å². The molecule has 28 heavy (non-hydrogen) atoms. The first kappa shape index (κ1) is 19.5. The minimum atomic E-state index is -0.311. The number of aromatic nitrogens is 2. The Morgan fingerprint density at radius 2 is 2.07 bits per heavy atom. The lowest BCUT2D eigenvalue weighted by Crippen LogP contribution is -2.03. The molecule has 148 valence electrons. The van der Waals surface area contributed by atoms with E-state index in [-0.39, 0.29) is 5.97 Å². The second-order valence-corrected chi connectivity index (χ2v) is 9.01. The van der Waals surface area contributed by atoms with Crippen LogP contribution in [0.5, 0.6) is 0 Å². The number of fused-ring (bicyclic) bond motifs is 1. The number of aryl methyl sites for hydroxylation is 2. The van der Waals surface area contributed by atoms with Crippen LogP contribution in [-0.4, -0.2) is 22.1 Å². The number of nitrogens with zero attached hydrogens (tertiary/aromatic N) is 2. The number of ether oxygens (including phenoxy) is 1. The van der Waals surface area contributed by atoms with Gasteiger partial charge in [-0.15, -0.1) is 11.3 Å². The summed E-state index contributed by atoms with van der Waals surface area (Å²) in [6.45, 7) is 4.01. The maximum atomic E-state index is 12.1. The van der Waals surface area contributed by atoms with Crippen LogP contribution < -0.4 is 0 Å². The van der Waals surface area contributed by atoms with E-state index in [1.165, 1.54) is 42.7 Å². The van der Waals surface area contributed by atoms with Gasteiger partial charge in [-0.05, 0) is 44.4 Å². The summed E-state index contributed by atoms with van der Waals surface area (Å²) in [5.41, 5.74) is 4.05. The van der Waals surface area contributed by atoms with E-state index in [2.05, 4.69) is 28.7 Å². The zero-order chi connectivity index (χ0) is 19.8. The molecule has 3 aromatic rings. The molecule has 0 spiro atoms. The zero-order valence-corrected chi connectivity index (χ0v) is 18.1. The van der Waals surface area contributed by atoms with E-state index < -0.39 is 0 Å². The molecule has 6 heteroatoms. The normalized spacial score (nSPS) is 14.9. The zero-order valence-electron chi connectivity index (χ0n) is 16.5. The molecular weight excluding hydrogens is 392 g/mol. The molecule has 1 saturated carbocycles. The number of carbonyl (C=O) groups excluding carboxylic acids is 1. The predicted molar refractivity (Wildman–Crippen MR) is 115 cm³/mol. The maximum Gasteiger partial charge on any atom is 0.350 e. The number of esters is 1. The molecule has 2 heterocycles. The highest BCUT2D eigenvalue weighted by atomic mass is 35.5. The topological polar surface area (TPSA) is 44.1 Å². The van der Waals surface area contributed by atoms with E-state index >= 15 is 0 Å². The highest BCUT2D eigenvalue weighted by Gasteiger charge is 2.21. The van der Waals surface area contributed by atoms with Gasteiger partial charge in [0.2, 0.25) is 0 Å². The highest BCUT2D eigenvalue weighted by Crippen LogP contribution is 2.37. The predicted octanol–water partition coefficient (Wildman–Crippen LogP) is 6.17. The molecular formula is C22H25ClN2O2S. The molecule has 1 aromatic carbocycles. The number of halogens is 1. The van der Waals surface area contributed by atoms with Crippen molar-refractivity contribution < 1.29 is 9.53 Å². The van der Waals surface area contributed by atoms with Crippen LogP contribution in [0.4, 0.5) is 0 Å². The third-order valence-electron chi connectivity index (χ3n) is 5.66. The summed E-state index contributed by atoms with van der Waals surface area (Å²) < 4.78 is 7.37. The van der Waals surface area contributed by atoms with Crippen LogP contribution in [0.3, 0.4) is 0 Å². The van der Waals surface area contributed by atoms with Gasteiger partial charge in [0.05, 0.1) is 22.8 Å². The third-order valence-corrected chi connectivity index (χ3v) is 7.13. The Labute approximate surface area is 174 Å². The van der Waals surface area contributed by atoms with Crippen molar-refractivity contribution in [1.82, 2.24) is 9.55 Å². The second kappa shape index (κ2) is 7.88. The van der Waals surface area contributed by atoms with Gasteiger partial charge in [-0.3, -0.25) is 0 Å². The van der Waals surface area contributed by atoms with E-state index in [1.807, 2.05) is 13.0 Å². The average Bonchev–Trinajstić information content (AvgIpc) is 3.36. The van der Waals surface area contributed by atoms with Crippen LogP contribution >= 0.6 is 22.9 Å². The summed E-state index contributed by atoms with van der Waals surface area (Å²) in [6, 6.07) is 6.35. The molecule has 4 rings (SSSR count). The number of thiazole rings is 1. The fourth-order valence-corrected chi connectivity index (χ4v) is 5.54. The molecule has 0 bridgehead atoms. The lowest BCUT2D eigenvalue weighted by Gasteiger charge is -2.10. The van der Waals surface area contributed by atoms with Gasteiger partial charge in [0, 0.05) is 23.7 Å². The van der Waals surface area contributed by atoms with E-state index in [4.69, 9.17) is 16.3 Å². The average molecular weight is 417 g/mol. The molecule has 0 amide bonds. The van der Waals surface area contributed by atoms with Crippen LogP contribution in [0.15, 0.2) is 18.2 Å². The van der Waals surface area contributed by atoms with Crippen LogP contribution in [-0.2, 0) is 18.2 Å². The Balaban J connectivity index is 1.71. The van der Waals surface area contributed by atoms with Gasteiger partial charge in [0.1, 0.15) is 9.88 Å². The lowest BCUT2D eigenvalue weighted by atomic mass is 10.0. The molecule has 4 nitrogen and oxygen atoms in total. The first-order chi connectivity index (χ1) is 13.5. The molecule has 1 fully saturated rings. The Morgan fingerprint density at radius 3 is 2.79 bits per heavy atom. The summed E-state index contributed by atoms with van der Waals surface area (Å²) >= 11 is 8.03. The van der Waals surface area contributed by atoms with Crippen molar-refractivity contribution in [2.45, 2.75) is 46.0 Å². The maximum absolute atomic E-state index is 12.1. The fourth-order valence-electron chi connectivity index (χ4n) is 4.24. The number of benzene rings is 1. The van der Waals surface area contributed by atoms with Gasteiger partial charge in [-0.1, -0.05) is 37.3 Å². The van der Waals surface area contributed by atoms with Crippen molar-refractivity contribution in [2.75, 3.05) is 6.61 Å². The molecule has 0 saturated heterocycles. The Bertz CT molecular complexity index is 1030. The molecule has 0 radical (unpaired) electrons. The first-order valence-electron chi connectivity index (χ1n) is 9.90. The van der Waals surface area contributed by atoms with Crippen LogP contribution in [0.1, 0.15) is 53.7 Å². The third kappa shape index (κ3) is 3.58.